The van der Waals surface area contributed by atoms with Gasteiger partial charge in [0.05, 0.1) is 16.6 Å². The number of piperidine rings is 1. The van der Waals surface area contributed by atoms with Crippen LogP contribution in [0.3, 0.4) is 0 Å². The minimum absolute atomic E-state index is 0. The van der Waals surface area contributed by atoms with Crippen LogP contribution in [-0.2, 0) is 0 Å². The molecule has 0 aliphatic carbocycles. The Morgan fingerprint density at radius 2 is 1.74 bits per heavy atom. The zero-order chi connectivity index (χ0) is 28.1. The van der Waals surface area contributed by atoms with Crippen molar-refractivity contribution in [3.8, 4) is 16.9 Å². The number of hydrogen-bond donors (Lipinski definition) is 2. The summed E-state index contributed by atoms with van der Waals surface area (Å²) in [4.78, 5) is 10.6. The standard InChI is InChI=1S/C34H32FN5O.CH4/c1-21-27(24-9-7-22(8-10-24)23-15-17-39(2)18-16-23)13-11-25-20-40(38-32(21)25)33(28-19-26(35)12-14-31(28)41)34-36-29-5-3-4-6-30(29)37-34;/h3-14,19-20,23,33,41H,15-18H2,1-2H3,(H,36,37);1H4. The van der Waals surface area contributed by atoms with E-state index in [9.17, 15) is 9.50 Å². The molecular formula is C35H36FN5O. The minimum atomic E-state index is -0.651. The Kier molecular flexibility index (Phi) is 7.29. The number of H-pyrrole nitrogens is 1. The molecule has 1 atom stereocenters. The van der Waals surface area contributed by atoms with Gasteiger partial charge in [-0.3, -0.25) is 4.68 Å². The molecule has 0 bridgehead atoms. The summed E-state index contributed by atoms with van der Waals surface area (Å²) in [7, 11) is 2.19. The van der Waals surface area contributed by atoms with Crippen molar-refractivity contribution in [2.24, 2.45) is 0 Å². The Bertz CT molecular complexity index is 1830. The highest BCUT2D eigenvalue weighted by Crippen LogP contribution is 2.36. The van der Waals surface area contributed by atoms with Crippen LogP contribution >= 0.6 is 0 Å². The molecule has 7 heteroatoms. The van der Waals surface area contributed by atoms with Crippen LogP contribution in [0.4, 0.5) is 4.39 Å². The van der Waals surface area contributed by atoms with Crippen LogP contribution in [0.5, 0.6) is 5.75 Å². The zero-order valence-corrected chi connectivity index (χ0v) is 23.2. The van der Waals surface area contributed by atoms with E-state index in [1.807, 2.05) is 30.5 Å². The van der Waals surface area contributed by atoms with Gasteiger partial charge in [-0.25, -0.2) is 9.37 Å². The molecule has 7 rings (SSSR count). The molecule has 2 N–H and O–H groups in total. The van der Waals surface area contributed by atoms with Gasteiger partial charge in [0, 0.05) is 17.1 Å². The van der Waals surface area contributed by atoms with Crippen LogP contribution in [-0.4, -0.2) is 49.9 Å². The van der Waals surface area contributed by atoms with E-state index < -0.39 is 11.9 Å². The van der Waals surface area contributed by atoms with Crippen LogP contribution in [0.25, 0.3) is 33.1 Å². The predicted molar refractivity (Wildman–Crippen MR) is 168 cm³/mol. The van der Waals surface area contributed by atoms with Crippen molar-refractivity contribution >= 4 is 21.9 Å². The van der Waals surface area contributed by atoms with Crippen molar-refractivity contribution in [1.82, 2.24) is 24.6 Å². The van der Waals surface area contributed by atoms with E-state index in [2.05, 4.69) is 60.3 Å². The van der Waals surface area contributed by atoms with E-state index in [-0.39, 0.29) is 13.2 Å². The monoisotopic (exact) mass is 561 g/mol. The maximum Gasteiger partial charge on any atom is 0.138 e. The van der Waals surface area contributed by atoms with Crippen molar-refractivity contribution in [2.45, 2.75) is 39.2 Å². The van der Waals surface area contributed by atoms with Gasteiger partial charge in [0.1, 0.15) is 23.4 Å². The van der Waals surface area contributed by atoms with E-state index in [0.717, 1.165) is 51.7 Å². The number of para-hydroxylation sites is 2. The lowest BCUT2D eigenvalue weighted by Gasteiger charge is -2.29. The number of fused-ring (bicyclic) bond motifs is 2. The van der Waals surface area contributed by atoms with Crippen LogP contribution in [0, 0.1) is 12.7 Å². The van der Waals surface area contributed by atoms with E-state index in [4.69, 9.17) is 10.1 Å². The summed E-state index contributed by atoms with van der Waals surface area (Å²) in [6.07, 6.45) is 4.34. The number of phenols is 1. The number of nitrogens with zero attached hydrogens (tertiary/aromatic N) is 4. The van der Waals surface area contributed by atoms with Crippen molar-refractivity contribution in [3.63, 3.8) is 0 Å². The van der Waals surface area contributed by atoms with E-state index >= 15 is 0 Å². The number of aromatic hydroxyl groups is 1. The van der Waals surface area contributed by atoms with E-state index in [1.54, 1.807) is 4.68 Å². The molecule has 0 saturated carbocycles. The van der Waals surface area contributed by atoms with Crippen LogP contribution < -0.4 is 0 Å². The fourth-order valence-electron chi connectivity index (χ4n) is 6.23. The van der Waals surface area contributed by atoms with Crippen LogP contribution in [0.2, 0.25) is 0 Å². The smallest absolute Gasteiger partial charge is 0.138 e. The van der Waals surface area contributed by atoms with Crippen LogP contribution in [0.15, 0.2) is 85.1 Å². The number of phenolic OH excluding ortho intramolecular Hbond substituents is 1. The molecule has 6 nitrogen and oxygen atoms in total. The molecular weight excluding hydrogens is 525 g/mol. The summed E-state index contributed by atoms with van der Waals surface area (Å²) in [5, 5.41) is 16.8. The maximum absolute atomic E-state index is 14.4. The lowest BCUT2D eigenvalue weighted by atomic mass is 9.88. The summed E-state index contributed by atoms with van der Waals surface area (Å²) in [5.74, 6) is 0.743. The number of imidazole rings is 1. The summed E-state index contributed by atoms with van der Waals surface area (Å²) >= 11 is 0. The SMILES string of the molecule is C.Cc1c(-c2ccc(C3CCN(C)CC3)cc2)ccc2cn(C(c3nc4ccccc4[nH]3)c3cc(F)ccc3O)nc12. The Hall–Kier alpha value is -4.49. The van der Waals surface area contributed by atoms with Crippen molar-refractivity contribution in [3.05, 3.63) is 113 Å². The highest BCUT2D eigenvalue weighted by atomic mass is 19.1. The number of aromatic nitrogens is 4. The first-order valence-corrected chi connectivity index (χ1v) is 14.1. The fourth-order valence-corrected chi connectivity index (χ4v) is 6.23. The molecule has 0 amide bonds. The van der Waals surface area contributed by atoms with Gasteiger partial charge in [-0.2, -0.15) is 5.10 Å². The van der Waals surface area contributed by atoms with Gasteiger partial charge in [0.25, 0.3) is 0 Å². The molecule has 42 heavy (non-hydrogen) atoms. The number of rotatable bonds is 5. The Labute approximate surface area is 245 Å². The van der Waals surface area contributed by atoms with Gasteiger partial charge in [-0.05, 0) is 98.4 Å². The summed E-state index contributed by atoms with van der Waals surface area (Å²) in [6.45, 7) is 4.39. The molecule has 2 aromatic heterocycles. The number of hydrogen-bond acceptors (Lipinski definition) is 4. The molecule has 0 spiro atoms. The number of benzene rings is 4. The van der Waals surface area contributed by atoms with E-state index in [1.165, 1.54) is 36.6 Å². The molecule has 3 heterocycles. The van der Waals surface area contributed by atoms with Gasteiger partial charge < -0.3 is 15.0 Å². The van der Waals surface area contributed by atoms with Gasteiger partial charge in [0.2, 0.25) is 0 Å². The molecule has 4 aromatic carbocycles. The number of likely N-dealkylation sites (tertiary alicyclic amines) is 1. The van der Waals surface area contributed by atoms with E-state index in [0.29, 0.717) is 17.3 Å². The lowest BCUT2D eigenvalue weighted by molar-refractivity contribution is 0.255. The largest absolute Gasteiger partial charge is 0.508 e. The Morgan fingerprint density at radius 1 is 0.976 bits per heavy atom. The Morgan fingerprint density at radius 3 is 2.50 bits per heavy atom. The van der Waals surface area contributed by atoms with Crippen molar-refractivity contribution in [2.75, 3.05) is 20.1 Å². The molecule has 214 valence electrons. The molecule has 6 aromatic rings. The predicted octanol–water partition coefficient (Wildman–Crippen LogP) is 7.82. The second kappa shape index (κ2) is 11.1. The number of halogens is 1. The van der Waals surface area contributed by atoms with Crippen molar-refractivity contribution < 1.29 is 9.50 Å². The van der Waals surface area contributed by atoms with Gasteiger partial charge in [-0.15, -0.1) is 0 Å². The fraction of sp³-hybridized carbons (Fsp3) is 0.257. The van der Waals surface area contributed by atoms with Gasteiger partial charge in [0.15, 0.2) is 0 Å². The topological polar surface area (TPSA) is 70.0 Å². The summed E-state index contributed by atoms with van der Waals surface area (Å²) in [6, 6.07) is 24.3. The maximum atomic E-state index is 14.4. The first kappa shape index (κ1) is 27.7. The van der Waals surface area contributed by atoms with Gasteiger partial charge >= 0.3 is 0 Å². The van der Waals surface area contributed by atoms with Crippen LogP contribution in [0.1, 0.15) is 54.7 Å². The highest BCUT2D eigenvalue weighted by Gasteiger charge is 2.26. The molecule has 1 aliphatic rings. The minimum Gasteiger partial charge on any atom is -0.508 e. The lowest BCUT2D eigenvalue weighted by Crippen LogP contribution is -2.29. The molecule has 1 fully saturated rings. The third-order valence-electron chi connectivity index (χ3n) is 8.58. The van der Waals surface area contributed by atoms with Gasteiger partial charge in [-0.1, -0.05) is 56.0 Å². The number of aryl methyl sites for hydroxylation is 1. The average molecular weight is 562 g/mol. The quantitative estimate of drug-likeness (QED) is 0.225. The summed E-state index contributed by atoms with van der Waals surface area (Å²) in [5.41, 5.74) is 7.68. The Balaban J connectivity index is 0.00000316. The third-order valence-corrected chi connectivity index (χ3v) is 8.58. The zero-order valence-electron chi connectivity index (χ0n) is 23.2. The molecule has 0 radical (unpaired) electrons. The van der Waals surface area contributed by atoms with Crippen molar-refractivity contribution in [1.29, 1.82) is 0 Å². The molecule has 1 saturated heterocycles. The molecule has 1 aliphatic heterocycles. The summed E-state index contributed by atoms with van der Waals surface area (Å²) < 4.78 is 16.2. The first-order valence-electron chi connectivity index (χ1n) is 14.1. The highest BCUT2D eigenvalue weighted by molar-refractivity contribution is 5.88. The number of aromatic amines is 1. The second-order valence-corrected chi connectivity index (χ2v) is 11.2. The third kappa shape index (κ3) is 4.94. The number of nitrogens with one attached hydrogen (secondary N) is 1. The molecule has 1 unspecified atom stereocenters. The second-order valence-electron chi connectivity index (χ2n) is 11.2. The normalized spacial score (nSPS) is 15.2. The average Bonchev–Trinajstić information content (AvgIpc) is 3.61. The first-order chi connectivity index (χ1) is 19.9.